The number of rotatable bonds is 3. The van der Waals surface area contributed by atoms with Crippen molar-refractivity contribution in [1.82, 2.24) is 30.4 Å². The van der Waals surface area contributed by atoms with Crippen molar-refractivity contribution in [1.29, 1.82) is 0 Å². The van der Waals surface area contributed by atoms with Crippen LogP contribution in [-0.2, 0) is 5.41 Å². The van der Waals surface area contributed by atoms with Crippen LogP contribution in [0.25, 0.3) is 11.3 Å². The second-order valence-electron chi connectivity index (χ2n) is 8.84. The summed E-state index contributed by atoms with van der Waals surface area (Å²) in [5.41, 5.74) is 3.51. The first-order chi connectivity index (χ1) is 15.7. The van der Waals surface area contributed by atoms with Gasteiger partial charge in [0.15, 0.2) is 0 Å². The van der Waals surface area contributed by atoms with Crippen LogP contribution in [-0.4, -0.2) is 35.3 Å². The fourth-order valence-electron chi connectivity index (χ4n) is 3.97. The van der Waals surface area contributed by atoms with Crippen molar-refractivity contribution in [3.8, 4) is 11.3 Å². The van der Waals surface area contributed by atoms with E-state index in [0.29, 0.717) is 22.8 Å². The van der Waals surface area contributed by atoms with Crippen molar-refractivity contribution in [2.24, 2.45) is 0 Å². The second kappa shape index (κ2) is 7.33. The molecule has 0 spiro atoms. The summed E-state index contributed by atoms with van der Waals surface area (Å²) in [7, 11) is 0. The van der Waals surface area contributed by atoms with Gasteiger partial charge in [-0.25, -0.2) is 5.10 Å². The second-order valence-corrected chi connectivity index (χ2v) is 8.84. The highest BCUT2D eigenvalue weighted by molar-refractivity contribution is 5.75. The smallest absolute Gasteiger partial charge is 0.288 e. The van der Waals surface area contributed by atoms with Crippen LogP contribution in [0.3, 0.4) is 0 Å². The van der Waals surface area contributed by atoms with Gasteiger partial charge in [-0.2, -0.15) is 9.78 Å². The minimum Gasteiger partial charge on any atom is -0.318 e. The number of H-pyrrole nitrogens is 1. The Kier molecular flexibility index (Phi) is 4.55. The molecule has 11 heteroatoms. The zero-order chi connectivity index (χ0) is 23.3. The molecule has 1 aliphatic rings. The van der Waals surface area contributed by atoms with Crippen LogP contribution < -0.4 is 10.9 Å². The van der Waals surface area contributed by atoms with Gasteiger partial charge in [0.2, 0.25) is 5.95 Å². The Hall–Kier alpha value is -4.41. The predicted molar refractivity (Wildman–Crippen MR) is 120 cm³/mol. The van der Waals surface area contributed by atoms with Crippen LogP contribution in [0.4, 0.5) is 17.3 Å². The van der Waals surface area contributed by atoms with E-state index in [1.807, 2.05) is 24.3 Å². The number of non-ortho nitro benzene ring substituents is 1. The maximum Gasteiger partial charge on any atom is 0.288 e. The molecule has 33 heavy (non-hydrogen) atoms. The molecule has 2 aromatic heterocycles. The zero-order valence-electron chi connectivity index (χ0n) is 18.1. The molecule has 0 aliphatic carbocycles. The number of benzene rings is 2. The predicted octanol–water partition coefficient (Wildman–Crippen LogP) is 3.32. The van der Waals surface area contributed by atoms with Crippen LogP contribution in [0.2, 0.25) is 0 Å². The van der Waals surface area contributed by atoms with Crippen LogP contribution in [0, 0.1) is 10.1 Å². The molecule has 0 saturated heterocycles. The third-order valence-corrected chi connectivity index (χ3v) is 5.71. The Morgan fingerprint density at radius 2 is 1.76 bits per heavy atom. The molecule has 4 aromatic rings. The summed E-state index contributed by atoms with van der Waals surface area (Å²) >= 11 is 0. The Labute approximate surface area is 187 Å². The van der Waals surface area contributed by atoms with E-state index in [2.05, 4.69) is 51.8 Å². The number of aromatic nitrogens is 6. The van der Waals surface area contributed by atoms with E-state index in [0.717, 1.165) is 11.1 Å². The molecule has 3 heterocycles. The van der Waals surface area contributed by atoms with Crippen molar-refractivity contribution in [2.75, 3.05) is 5.32 Å². The Morgan fingerprint density at radius 1 is 1.06 bits per heavy atom. The maximum absolute atomic E-state index is 12.7. The number of nitrogens with zero attached hydrogens (tertiary/aromatic N) is 6. The average molecular weight is 444 g/mol. The van der Waals surface area contributed by atoms with Gasteiger partial charge < -0.3 is 5.32 Å². The quantitative estimate of drug-likeness (QED) is 0.318. The first-order valence-corrected chi connectivity index (χ1v) is 10.3. The average Bonchev–Trinajstić information content (AvgIpc) is 3.26. The summed E-state index contributed by atoms with van der Waals surface area (Å²) in [5, 5.41) is 32.8. The molecule has 5 rings (SSSR count). The summed E-state index contributed by atoms with van der Waals surface area (Å²) in [6.45, 7) is 6.41. The fourth-order valence-corrected chi connectivity index (χ4v) is 3.97. The fraction of sp³-hybridized carbons (Fsp3) is 0.227. The minimum absolute atomic E-state index is 0.0207. The number of tetrazole rings is 1. The number of anilines is 2. The first-order valence-electron chi connectivity index (χ1n) is 10.3. The van der Waals surface area contributed by atoms with Gasteiger partial charge in [0.05, 0.1) is 10.6 Å². The Morgan fingerprint density at radius 3 is 2.39 bits per heavy atom. The van der Waals surface area contributed by atoms with Gasteiger partial charge in [-0.05, 0) is 39.1 Å². The molecule has 1 aliphatic heterocycles. The zero-order valence-corrected chi connectivity index (χ0v) is 18.1. The van der Waals surface area contributed by atoms with Crippen molar-refractivity contribution in [3.05, 3.63) is 85.7 Å². The molecule has 11 nitrogen and oxygen atoms in total. The van der Waals surface area contributed by atoms with Crippen LogP contribution in [0.5, 0.6) is 0 Å². The molecule has 0 saturated carbocycles. The molecule has 0 radical (unpaired) electrons. The SMILES string of the molecule is CC(C)(C)c1ccc([C@H]2c3c(-c4ccc([N+](=O)[O-])cc4)n[nH]c(=O)c3Nc3nnnn32)cc1. The van der Waals surface area contributed by atoms with Gasteiger partial charge in [-0.1, -0.05) is 50.1 Å². The van der Waals surface area contributed by atoms with Gasteiger partial charge in [-0.15, -0.1) is 0 Å². The monoisotopic (exact) mass is 444 g/mol. The van der Waals surface area contributed by atoms with Gasteiger partial charge >= 0.3 is 0 Å². The maximum atomic E-state index is 12.7. The summed E-state index contributed by atoms with van der Waals surface area (Å²) < 4.78 is 1.60. The van der Waals surface area contributed by atoms with E-state index in [1.54, 1.807) is 16.8 Å². The lowest BCUT2D eigenvalue weighted by molar-refractivity contribution is -0.384. The van der Waals surface area contributed by atoms with Gasteiger partial charge in [0.25, 0.3) is 11.2 Å². The third kappa shape index (κ3) is 3.43. The largest absolute Gasteiger partial charge is 0.318 e. The number of hydrogen-bond donors (Lipinski definition) is 2. The molecular formula is C22H20N8O3. The molecule has 2 aromatic carbocycles. The number of aromatic amines is 1. The summed E-state index contributed by atoms with van der Waals surface area (Å²) in [6.07, 6.45) is 0. The normalized spacial score (nSPS) is 14.8. The number of nitro benzene ring substituents is 1. The molecular weight excluding hydrogens is 424 g/mol. The van der Waals surface area contributed by atoms with E-state index < -0.39 is 16.5 Å². The van der Waals surface area contributed by atoms with Crippen molar-refractivity contribution in [2.45, 2.75) is 32.2 Å². The summed E-state index contributed by atoms with van der Waals surface area (Å²) in [4.78, 5) is 23.3. The van der Waals surface area contributed by atoms with Gasteiger partial charge in [-0.3, -0.25) is 14.9 Å². The minimum atomic E-state index is -0.528. The first kappa shape index (κ1) is 20.5. The van der Waals surface area contributed by atoms with Crippen LogP contribution in [0.15, 0.2) is 53.3 Å². The number of nitrogens with one attached hydrogen (secondary N) is 2. The third-order valence-electron chi connectivity index (χ3n) is 5.71. The Balaban J connectivity index is 1.72. The van der Waals surface area contributed by atoms with Gasteiger partial charge in [0.1, 0.15) is 11.7 Å². The number of hydrogen-bond acceptors (Lipinski definition) is 8. The highest BCUT2D eigenvalue weighted by Crippen LogP contribution is 2.41. The molecule has 0 amide bonds. The lowest BCUT2D eigenvalue weighted by Crippen LogP contribution is -2.29. The molecule has 0 bridgehead atoms. The number of nitro groups is 1. The summed E-state index contributed by atoms with van der Waals surface area (Å²) in [5.74, 6) is 0.332. The van der Waals surface area contributed by atoms with E-state index in [9.17, 15) is 14.9 Å². The standard InChI is InChI=1S/C22H20N8O3/c1-22(2,3)14-8-4-13(5-9-14)19-16-17(12-6-10-15(11-7-12)30(32)33)24-25-20(31)18(16)23-21-26-27-28-29(19)21/h4-11,19H,1-3H3,(H,25,31)(H,23,26,28)/t19-/m0/s1. The van der Waals surface area contributed by atoms with Crippen molar-refractivity contribution in [3.63, 3.8) is 0 Å². The summed E-state index contributed by atoms with van der Waals surface area (Å²) in [6, 6.07) is 13.6. The van der Waals surface area contributed by atoms with E-state index in [4.69, 9.17) is 0 Å². The Bertz CT molecular complexity index is 1420. The lowest BCUT2D eigenvalue weighted by Gasteiger charge is -2.28. The molecule has 0 fully saturated rings. The van der Waals surface area contributed by atoms with Crippen molar-refractivity contribution < 1.29 is 4.92 Å². The molecule has 2 N–H and O–H groups in total. The van der Waals surface area contributed by atoms with Gasteiger partial charge in [0, 0.05) is 23.3 Å². The topological polar surface area (TPSA) is 145 Å². The van der Waals surface area contributed by atoms with E-state index in [-0.39, 0.29) is 16.8 Å². The van der Waals surface area contributed by atoms with E-state index >= 15 is 0 Å². The van der Waals surface area contributed by atoms with Crippen LogP contribution >= 0.6 is 0 Å². The number of fused-ring (bicyclic) bond motifs is 2. The highest BCUT2D eigenvalue weighted by atomic mass is 16.6. The lowest BCUT2D eigenvalue weighted by atomic mass is 9.85. The van der Waals surface area contributed by atoms with E-state index in [1.165, 1.54) is 12.1 Å². The van der Waals surface area contributed by atoms with Crippen molar-refractivity contribution >= 4 is 17.3 Å². The highest BCUT2D eigenvalue weighted by Gasteiger charge is 2.34. The molecule has 166 valence electrons. The molecule has 0 unspecified atom stereocenters. The molecule has 1 atom stereocenters. The van der Waals surface area contributed by atoms with Crippen LogP contribution in [0.1, 0.15) is 43.5 Å².